The van der Waals surface area contributed by atoms with Crippen LogP contribution in [0.1, 0.15) is 31.7 Å². The third-order valence-corrected chi connectivity index (χ3v) is 6.72. The van der Waals surface area contributed by atoms with Crippen LogP contribution in [0.4, 0.5) is 0 Å². The molecule has 0 spiro atoms. The van der Waals surface area contributed by atoms with Gasteiger partial charge in [0.2, 0.25) is 5.91 Å². The molecule has 3 aromatic rings. The summed E-state index contributed by atoms with van der Waals surface area (Å²) in [5, 5.41) is 2.97. The molecule has 35 heavy (non-hydrogen) atoms. The summed E-state index contributed by atoms with van der Waals surface area (Å²) in [6, 6.07) is 16.1. The van der Waals surface area contributed by atoms with Gasteiger partial charge >= 0.3 is 5.69 Å². The minimum atomic E-state index is -0.0883. The van der Waals surface area contributed by atoms with Gasteiger partial charge in [0.15, 0.2) is 0 Å². The molecular weight excluding hydrogens is 444 g/mol. The maximum atomic E-state index is 12.7. The van der Waals surface area contributed by atoms with Crippen molar-refractivity contribution in [2.75, 3.05) is 33.4 Å². The summed E-state index contributed by atoms with van der Waals surface area (Å²) < 4.78 is 14.8. The minimum Gasteiger partial charge on any atom is -0.492 e. The molecule has 1 N–H and O–H groups in total. The average Bonchev–Trinajstić information content (AvgIpc) is 3.17. The molecular formula is C27H36N4O4. The van der Waals surface area contributed by atoms with Gasteiger partial charge in [-0.1, -0.05) is 24.3 Å². The van der Waals surface area contributed by atoms with Gasteiger partial charge in [0.1, 0.15) is 12.4 Å². The number of nitrogens with zero attached hydrogens (tertiary/aromatic N) is 3. The first-order valence-corrected chi connectivity index (χ1v) is 12.5. The lowest BCUT2D eigenvalue weighted by molar-refractivity contribution is -0.121. The molecule has 2 heterocycles. The van der Waals surface area contributed by atoms with E-state index < -0.39 is 0 Å². The topological polar surface area (TPSA) is 77.7 Å². The molecule has 8 nitrogen and oxygen atoms in total. The van der Waals surface area contributed by atoms with Gasteiger partial charge in [0, 0.05) is 51.9 Å². The fraction of sp³-hybridized carbons (Fsp3) is 0.481. The highest BCUT2D eigenvalue weighted by Crippen LogP contribution is 2.16. The quantitative estimate of drug-likeness (QED) is 0.457. The molecule has 1 saturated heterocycles. The summed E-state index contributed by atoms with van der Waals surface area (Å²) >= 11 is 0. The number of aromatic nitrogens is 2. The van der Waals surface area contributed by atoms with E-state index in [1.54, 1.807) is 9.13 Å². The molecule has 0 aliphatic carbocycles. The lowest BCUT2D eigenvalue weighted by atomic mass is 10.1. The van der Waals surface area contributed by atoms with Crippen molar-refractivity contribution >= 4 is 16.9 Å². The molecule has 1 aliphatic rings. The molecule has 4 rings (SSSR count). The monoisotopic (exact) mass is 480 g/mol. The minimum absolute atomic E-state index is 0.0752. The summed E-state index contributed by atoms with van der Waals surface area (Å²) in [5.41, 5.74) is 2.66. The summed E-state index contributed by atoms with van der Waals surface area (Å²) in [5.74, 6) is 0.714. The van der Waals surface area contributed by atoms with Gasteiger partial charge in [-0.25, -0.2) is 4.79 Å². The smallest absolute Gasteiger partial charge is 0.329 e. The number of carbonyl (C=O) groups is 1. The summed E-state index contributed by atoms with van der Waals surface area (Å²) in [7, 11) is 2.14. The van der Waals surface area contributed by atoms with Gasteiger partial charge in [-0.2, -0.15) is 0 Å². The van der Waals surface area contributed by atoms with E-state index in [4.69, 9.17) is 9.47 Å². The number of hydrogen-bond acceptors (Lipinski definition) is 5. The Balaban J connectivity index is 1.24. The van der Waals surface area contributed by atoms with Gasteiger partial charge in [0.05, 0.1) is 11.0 Å². The molecule has 0 radical (unpaired) electrons. The zero-order valence-corrected chi connectivity index (χ0v) is 20.7. The van der Waals surface area contributed by atoms with Gasteiger partial charge < -0.3 is 14.8 Å². The fourth-order valence-electron chi connectivity index (χ4n) is 4.66. The molecule has 0 saturated carbocycles. The molecule has 1 fully saturated rings. The molecule has 2 aromatic carbocycles. The van der Waals surface area contributed by atoms with Crippen LogP contribution in [0.3, 0.4) is 0 Å². The van der Waals surface area contributed by atoms with Crippen LogP contribution in [-0.2, 0) is 29.2 Å². The number of nitrogens with one attached hydrogen (secondary N) is 1. The first-order valence-electron chi connectivity index (χ1n) is 12.5. The van der Waals surface area contributed by atoms with Gasteiger partial charge in [-0.15, -0.1) is 0 Å². The van der Waals surface area contributed by atoms with Crippen molar-refractivity contribution in [1.82, 2.24) is 19.4 Å². The number of para-hydroxylation sites is 2. The lowest BCUT2D eigenvalue weighted by Gasteiger charge is -2.31. The van der Waals surface area contributed by atoms with E-state index in [0.717, 1.165) is 54.9 Å². The largest absolute Gasteiger partial charge is 0.492 e. The highest BCUT2D eigenvalue weighted by atomic mass is 16.5. The second-order valence-electron chi connectivity index (χ2n) is 9.01. The molecule has 8 heteroatoms. The Morgan fingerprint density at radius 1 is 1.11 bits per heavy atom. The number of benzene rings is 2. The highest BCUT2D eigenvalue weighted by Gasteiger charge is 2.18. The van der Waals surface area contributed by atoms with Crippen molar-refractivity contribution in [1.29, 1.82) is 0 Å². The van der Waals surface area contributed by atoms with Crippen LogP contribution < -0.4 is 15.7 Å². The predicted molar refractivity (Wildman–Crippen MR) is 137 cm³/mol. The van der Waals surface area contributed by atoms with Crippen LogP contribution in [0.2, 0.25) is 0 Å². The maximum absolute atomic E-state index is 12.7. The van der Waals surface area contributed by atoms with Crippen LogP contribution in [0.25, 0.3) is 11.0 Å². The Kier molecular flexibility index (Phi) is 8.60. The SMILES string of the molecule is CCn1c(=O)n(CCC(=O)NCc2cccc(OCCN(C)C3CCOCC3)c2)c2ccccc21. The van der Waals surface area contributed by atoms with Crippen LogP contribution in [0, 0.1) is 0 Å². The first kappa shape index (κ1) is 25.0. The van der Waals surface area contributed by atoms with E-state index >= 15 is 0 Å². The Labute approximate surface area is 206 Å². The Hall–Kier alpha value is -3.10. The Bertz CT molecular complexity index is 1180. The van der Waals surface area contributed by atoms with E-state index in [1.807, 2.05) is 55.5 Å². The second-order valence-corrected chi connectivity index (χ2v) is 9.01. The normalized spacial score (nSPS) is 14.5. The number of aryl methyl sites for hydroxylation is 2. The molecule has 0 unspecified atom stereocenters. The molecule has 188 valence electrons. The van der Waals surface area contributed by atoms with E-state index in [1.165, 1.54) is 0 Å². The number of imidazole rings is 1. The number of likely N-dealkylation sites (N-methyl/N-ethyl adjacent to an activating group) is 1. The Morgan fingerprint density at radius 2 is 1.86 bits per heavy atom. The second kappa shape index (κ2) is 12.0. The van der Waals surface area contributed by atoms with Crippen molar-refractivity contribution in [2.24, 2.45) is 0 Å². The molecule has 0 atom stereocenters. The standard InChI is InChI=1S/C27H36N4O4/c1-3-30-24-9-4-5-10-25(24)31(27(30)33)14-11-26(32)28-20-21-7-6-8-23(19-21)35-18-15-29(2)22-12-16-34-17-13-22/h4-10,19,22H,3,11-18,20H2,1-2H3,(H,28,32). The van der Waals surface area contributed by atoms with Crippen molar-refractivity contribution in [2.45, 2.75) is 51.9 Å². The van der Waals surface area contributed by atoms with Gasteiger partial charge in [-0.05, 0) is 56.6 Å². The van der Waals surface area contributed by atoms with Crippen LogP contribution in [0.15, 0.2) is 53.3 Å². The van der Waals surface area contributed by atoms with Gasteiger partial charge in [-0.3, -0.25) is 18.8 Å². The van der Waals surface area contributed by atoms with Crippen molar-refractivity contribution in [3.8, 4) is 5.75 Å². The van der Waals surface area contributed by atoms with E-state index in [9.17, 15) is 9.59 Å². The van der Waals surface area contributed by atoms with Crippen molar-refractivity contribution in [3.63, 3.8) is 0 Å². The van der Waals surface area contributed by atoms with E-state index in [2.05, 4.69) is 17.3 Å². The number of fused-ring (bicyclic) bond motifs is 1. The van der Waals surface area contributed by atoms with Crippen molar-refractivity contribution < 1.29 is 14.3 Å². The molecule has 1 aromatic heterocycles. The predicted octanol–water partition coefficient (Wildman–Crippen LogP) is 3.02. The Morgan fingerprint density at radius 3 is 2.60 bits per heavy atom. The lowest BCUT2D eigenvalue weighted by Crippen LogP contribution is -2.38. The number of rotatable bonds is 11. The zero-order chi connectivity index (χ0) is 24.6. The van der Waals surface area contributed by atoms with Crippen molar-refractivity contribution in [3.05, 3.63) is 64.6 Å². The number of carbonyl (C=O) groups excluding carboxylic acids is 1. The number of ether oxygens (including phenoxy) is 2. The molecule has 0 bridgehead atoms. The van der Waals surface area contributed by atoms with E-state index in [-0.39, 0.29) is 18.0 Å². The number of hydrogen-bond donors (Lipinski definition) is 1. The zero-order valence-electron chi connectivity index (χ0n) is 20.7. The molecule has 1 aliphatic heterocycles. The average molecular weight is 481 g/mol. The van der Waals surface area contributed by atoms with E-state index in [0.29, 0.717) is 32.3 Å². The third kappa shape index (κ3) is 6.32. The maximum Gasteiger partial charge on any atom is 0.329 e. The highest BCUT2D eigenvalue weighted by molar-refractivity contribution is 5.78. The summed E-state index contributed by atoms with van der Waals surface area (Å²) in [6.07, 6.45) is 2.38. The number of amides is 1. The van der Waals surface area contributed by atoms with Gasteiger partial charge in [0.25, 0.3) is 0 Å². The summed E-state index contributed by atoms with van der Waals surface area (Å²) in [6.45, 7) is 6.47. The van der Waals surface area contributed by atoms with Crippen LogP contribution in [0.5, 0.6) is 5.75 Å². The fourth-order valence-corrected chi connectivity index (χ4v) is 4.66. The first-order chi connectivity index (χ1) is 17.1. The van der Waals surface area contributed by atoms with Crippen LogP contribution >= 0.6 is 0 Å². The summed E-state index contributed by atoms with van der Waals surface area (Å²) in [4.78, 5) is 27.6. The third-order valence-electron chi connectivity index (χ3n) is 6.72. The van der Waals surface area contributed by atoms with Crippen LogP contribution in [-0.4, -0.2) is 59.4 Å². The molecule has 1 amide bonds.